The van der Waals surface area contributed by atoms with Gasteiger partial charge in [0.25, 0.3) is 0 Å². The molecule has 1 aromatic carbocycles. The third-order valence-electron chi connectivity index (χ3n) is 3.61. The predicted octanol–water partition coefficient (Wildman–Crippen LogP) is 5.01. The SMILES string of the molecule is CCCCC(CC)CNS(=O)(=O)c1cc(Br)c(C)cc1Br. The average Bonchev–Trinajstić information content (AvgIpc) is 2.43. The molecule has 0 saturated carbocycles. The molecule has 1 aromatic rings. The molecule has 1 unspecified atom stereocenters. The lowest BCUT2D eigenvalue weighted by molar-refractivity contribution is 0.443. The Kier molecular flexibility index (Phi) is 7.88. The van der Waals surface area contributed by atoms with Crippen LogP contribution < -0.4 is 4.72 Å². The average molecular weight is 441 g/mol. The van der Waals surface area contributed by atoms with E-state index in [1.54, 1.807) is 6.07 Å². The fourth-order valence-corrected chi connectivity index (χ4v) is 4.87. The Morgan fingerprint density at radius 2 is 1.86 bits per heavy atom. The van der Waals surface area contributed by atoms with Crippen molar-refractivity contribution in [1.29, 1.82) is 0 Å². The van der Waals surface area contributed by atoms with Gasteiger partial charge >= 0.3 is 0 Å². The minimum Gasteiger partial charge on any atom is -0.211 e. The normalized spacial score (nSPS) is 13.4. The summed E-state index contributed by atoms with van der Waals surface area (Å²) in [5.41, 5.74) is 0.996. The van der Waals surface area contributed by atoms with Crippen LogP contribution in [-0.4, -0.2) is 15.0 Å². The molecule has 0 aliphatic rings. The minimum absolute atomic E-state index is 0.283. The third-order valence-corrected chi connectivity index (χ3v) is 6.84. The van der Waals surface area contributed by atoms with E-state index in [9.17, 15) is 8.42 Å². The first kappa shape index (κ1) is 19.1. The van der Waals surface area contributed by atoms with Gasteiger partial charge in [-0.15, -0.1) is 0 Å². The molecule has 0 amide bonds. The smallest absolute Gasteiger partial charge is 0.211 e. The molecule has 6 heteroatoms. The molecule has 1 atom stereocenters. The molecule has 3 nitrogen and oxygen atoms in total. The van der Waals surface area contributed by atoms with Crippen LogP contribution in [0, 0.1) is 12.8 Å². The molecular weight excluding hydrogens is 418 g/mol. The molecule has 0 radical (unpaired) electrons. The predicted molar refractivity (Wildman–Crippen MR) is 95.1 cm³/mol. The number of hydrogen-bond acceptors (Lipinski definition) is 2. The maximum Gasteiger partial charge on any atom is 0.241 e. The zero-order valence-corrected chi connectivity index (χ0v) is 16.7. The molecule has 0 fully saturated rings. The maximum absolute atomic E-state index is 12.4. The first-order valence-corrected chi connectivity index (χ1v) is 10.3. The molecule has 0 aliphatic heterocycles. The van der Waals surface area contributed by atoms with Crippen molar-refractivity contribution in [3.63, 3.8) is 0 Å². The lowest BCUT2D eigenvalue weighted by Crippen LogP contribution is -2.29. The van der Waals surface area contributed by atoms with Crippen LogP contribution in [0.5, 0.6) is 0 Å². The number of unbranched alkanes of at least 4 members (excludes halogenated alkanes) is 1. The van der Waals surface area contributed by atoms with Gasteiger partial charge in [-0.1, -0.05) is 49.0 Å². The van der Waals surface area contributed by atoms with Gasteiger partial charge in [-0.2, -0.15) is 0 Å². The number of sulfonamides is 1. The van der Waals surface area contributed by atoms with E-state index in [1.807, 2.05) is 13.0 Å². The monoisotopic (exact) mass is 439 g/mol. The number of aryl methyl sites for hydroxylation is 1. The van der Waals surface area contributed by atoms with Crippen molar-refractivity contribution < 1.29 is 8.42 Å². The first-order chi connectivity index (χ1) is 9.81. The van der Waals surface area contributed by atoms with E-state index in [1.165, 1.54) is 0 Å². The van der Waals surface area contributed by atoms with Gasteiger partial charge in [-0.05, 0) is 52.9 Å². The summed E-state index contributed by atoms with van der Waals surface area (Å²) >= 11 is 6.73. The fourth-order valence-electron chi connectivity index (χ4n) is 2.08. The summed E-state index contributed by atoms with van der Waals surface area (Å²) < 4.78 is 29.0. The van der Waals surface area contributed by atoms with E-state index in [-0.39, 0.29) is 4.90 Å². The van der Waals surface area contributed by atoms with Crippen molar-refractivity contribution in [1.82, 2.24) is 4.72 Å². The standard InChI is InChI=1S/C15H23Br2NO2S/c1-4-6-7-12(5-2)10-18-21(19,20)15-9-13(16)11(3)8-14(15)17/h8-9,12,18H,4-7,10H2,1-3H3. The van der Waals surface area contributed by atoms with Crippen LogP contribution in [-0.2, 0) is 10.0 Å². The van der Waals surface area contributed by atoms with Crippen molar-refractivity contribution in [3.8, 4) is 0 Å². The van der Waals surface area contributed by atoms with E-state index >= 15 is 0 Å². The highest BCUT2D eigenvalue weighted by molar-refractivity contribution is 9.11. The minimum atomic E-state index is -3.49. The number of halogens is 2. The van der Waals surface area contributed by atoms with Crippen LogP contribution in [0.15, 0.2) is 26.0 Å². The largest absolute Gasteiger partial charge is 0.241 e. The topological polar surface area (TPSA) is 46.2 Å². The van der Waals surface area contributed by atoms with Crippen LogP contribution >= 0.6 is 31.9 Å². The summed E-state index contributed by atoms with van der Waals surface area (Å²) in [6.45, 7) is 6.68. The summed E-state index contributed by atoms with van der Waals surface area (Å²) in [6.07, 6.45) is 4.33. The highest BCUT2D eigenvalue weighted by Crippen LogP contribution is 2.28. The highest BCUT2D eigenvalue weighted by Gasteiger charge is 2.20. The summed E-state index contributed by atoms with van der Waals surface area (Å²) in [4.78, 5) is 0.283. The van der Waals surface area contributed by atoms with Crippen LogP contribution in [0.2, 0.25) is 0 Å². The van der Waals surface area contributed by atoms with Crippen molar-refractivity contribution >= 4 is 41.9 Å². The van der Waals surface area contributed by atoms with Crippen LogP contribution in [0.3, 0.4) is 0 Å². The summed E-state index contributed by atoms with van der Waals surface area (Å²) in [5.74, 6) is 0.396. The number of hydrogen-bond donors (Lipinski definition) is 1. The second-order valence-electron chi connectivity index (χ2n) is 5.30. The maximum atomic E-state index is 12.4. The van der Waals surface area contributed by atoms with Gasteiger partial charge in [0.05, 0.1) is 4.90 Å². The first-order valence-electron chi connectivity index (χ1n) is 7.27. The van der Waals surface area contributed by atoms with Gasteiger partial charge in [0, 0.05) is 15.5 Å². The quantitative estimate of drug-likeness (QED) is 0.617. The Balaban J connectivity index is 2.84. The van der Waals surface area contributed by atoms with Crippen molar-refractivity contribution in [2.75, 3.05) is 6.54 Å². The summed E-state index contributed by atoms with van der Waals surface area (Å²) in [6, 6.07) is 3.46. The highest BCUT2D eigenvalue weighted by atomic mass is 79.9. The Hall–Kier alpha value is 0.0900. The molecular formula is C15H23Br2NO2S. The van der Waals surface area contributed by atoms with E-state index in [2.05, 4.69) is 50.4 Å². The molecule has 0 heterocycles. The van der Waals surface area contributed by atoms with E-state index in [0.717, 1.165) is 35.7 Å². The van der Waals surface area contributed by atoms with E-state index in [4.69, 9.17) is 0 Å². The molecule has 21 heavy (non-hydrogen) atoms. The Morgan fingerprint density at radius 1 is 1.19 bits per heavy atom. The van der Waals surface area contributed by atoms with Crippen LogP contribution in [0.1, 0.15) is 45.1 Å². The molecule has 0 aromatic heterocycles. The molecule has 1 rings (SSSR count). The Labute approximate surface area is 145 Å². The van der Waals surface area contributed by atoms with Crippen molar-refractivity contribution in [2.45, 2.75) is 51.3 Å². The van der Waals surface area contributed by atoms with Crippen LogP contribution in [0.25, 0.3) is 0 Å². The number of benzene rings is 1. The van der Waals surface area contributed by atoms with E-state index < -0.39 is 10.0 Å². The molecule has 0 saturated heterocycles. The Morgan fingerprint density at radius 3 is 2.43 bits per heavy atom. The lowest BCUT2D eigenvalue weighted by Gasteiger charge is -2.16. The molecule has 120 valence electrons. The molecule has 0 spiro atoms. The zero-order valence-electron chi connectivity index (χ0n) is 12.7. The Bertz CT molecular complexity index is 573. The second-order valence-corrected chi connectivity index (χ2v) is 8.74. The van der Waals surface area contributed by atoms with Gasteiger partial charge in [0.2, 0.25) is 10.0 Å². The van der Waals surface area contributed by atoms with Gasteiger partial charge < -0.3 is 0 Å². The lowest BCUT2D eigenvalue weighted by atomic mass is 10.00. The van der Waals surface area contributed by atoms with Gasteiger partial charge in [-0.25, -0.2) is 13.1 Å². The van der Waals surface area contributed by atoms with Crippen molar-refractivity contribution in [3.05, 3.63) is 26.6 Å². The molecule has 0 bridgehead atoms. The van der Waals surface area contributed by atoms with Crippen LogP contribution in [0.4, 0.5) is 0 Å². The number of nitrogens with one attached hydrogen (secondary N) is 1. The second kappa shape index (κ2) is 8.65. The molecule has 0 aliphatic carbocycles. The zero-order chi connectivity index (χ0) is 16.0. The van der Waals surface area contributed by atoms with Gasteiger partial charge in [0.1, 0.15) is 0 Å². The van der Waals surface area contributed by atoms with E-state index in [0.29, 0.717) is 16.9 Å². The summed E-state index contributed by atoms with van der Waals surface area (Å²) in [5, 5.41) is 0. The van der Waals surface area contributed by atoms with Gasteiger partial charge in [-0.3, -0.25) is 0 Å². The molecule has 1 N–H and O–H groups in total. The number of rotatable bonds is 8. The van der Waals surface area contributed by atoms with Gasteiger partial charge in [0.15, 0.2) is 0 Å². The summed E-state index contributed by atoms with van der Waals surface area (Å²) in [7, 11) is -3.49. The fraction of sp³-hybridized carbons (Fsp3) is 0.600. The third kappa shape index (κ3) is 5.66. The van der Waals surface area contributed by atoms with Crippen molar-refractivity contribution in [2.24, 2.45) is 5.92 Å².